The second kappa shape index (κ2) is 5.95. The number of hydrogen-bond donors (Lipinski definition) is 1. The van der Waals surface area contributed by atoms with Crippen molar-refractivity contribution in [3.8, 4) is 6.07 Å². The van der Waals surface area contributed by atoms with Crippen LogP contribution >= 0.6 is 0 Å². The molecule has 76 valence electrons. The van der Waals surface area contributed by atoms with Crippen LogP contribution in [0.2, 0.25) is 0 Å². The van der Waals surface area contributed by atoms with Crippen LogP contribution in [0.25, 0.3) is 0 Å². The van der Waals surface area contributed by atoms with E-state index in [0.717, 1.165) is 0 Å². The summed E-state index contributed by atoms with van der Waals surface area (Å²) in [6, 6.07) is 2.09. The van der Waals surface area contributed by atoms with Crippen LogP contribution in [0.15, 0.2) is 0 Å². The lowest BCUT2D eigenvalue weighted by molar-refractivity contribution is -0.0468. The van der Waals surface area contributed by atoms with Crippen molar-refractivity contribution < 1.29 is 9.84 Å². The Morgan fingerprint density at radius 3 is 2.15 bits per heavy atom. The van der Waals surface area contributed by atoms with Gasteiger partial charge in [0.15, 0.2) is 0 Å². The maximum Gasteiger partial charge on any atom is 0.144 e. The van der Waals surface area contributed by atoms with Gasteiger partial charge in [-0.2, -0.15) is 5.26 Å². The Morgan fingerprint density at radius 1 is 1.31 bits per heavy atom. The molecule has 0 rings (SSSR count). The van der Waals surface area contributed by atoms with Gasteiger partial charge in [-0.25, -0.2) is 0 Å². The highest BCUT2D eigenvalue weighted by Crippen LogP contribution is 2.11. The number of aliphatic hydroxyl groups excluding tert-OH is 1. The summed E-state index contributed by atoms with van der Waals surface area (Å²) in [5.74, 6) is 0.436. The van der Waals surface area contributed by atoms with Crippen molar-refractivity contribution in [1.29, 1.82) is 5.26 Å². The fourth-order valence-electron chi connectivity index (χ4n) is 0.940. The van der Waals surface area contributed by atoms with Crippen LogP contribution in [0.3, 0.4) is 0 Å². The first-order chi connectivity index (χ1) is 5.97. The standard InChI is InChI=1S/C10H19NO2/c1-7(2)5-10(6-11)13-9(4)8(3)12/h7-10,12H,5H2,1-4H3. The number of nitriles is 1. The number of aliphatic hydroxyl groups is 1. The number of rotatable bonds is 5. The fourth-order valence-corrected chi connectivity index (χ4v) is 0.940. The van der Waals surface area contributed by atoms with Gasteiger partial charge in [0.25, 0.3) is 0 Å². The first-order valence-corrected chi connectivity index (χ1v) is 4.70. The third-order valence-corrected chi connectivity index (χ3v) is 1.89. The van der Waals surface area contributed by atoms with Crippen LogP contribution in [0.1, 0.15) is 34.1 Å². The third-order valence-electron chi connectivity index (χ3n) is 1.89. The molecule has 3 unspecified atom stereocenters. The highest BCUT2D eigenvalue weighted by molar-refractivity contribution is 4.85. The van der Waals surface area contributed by atoms with Gasteiger partial charge in [-0.05, 0) is 26.2 Å². The fraction of sp³-hybridized carbons (Fsp3) is 0.900. The predicted molar refractivity (Wildman–Crippen MR) is 51.1 cm³/mol. The number of nitrogens with zero attached hydrogens (tertiary/aromatic N) is 1. The molecule has 0 aliphatic carbocycles. The largest absolute Gasteiger partial charge is 0.391 e. The van der Waals surface area contributed by atoms with E-state index >= 15 is 0 Å². The number of hydrogen-bond acceptors (Lipinski definition) is 3. The smallest absolute Gasteiger partial charge is 0.144 e. The predicted octanol–water partition coefficient (Wildman–Crippen LogP) is 1.71. The average molecular weight is 185 g/mol. The van der Waals surface area contributed by atoms with E-state index in [4.69, 9.17) is 15.1 Å². The van der Waals surface area contributed by atoms with Gasteiger partial charge in [0.2, 0.25) is 0 Å². The minimum Gasteiger partial charge on any atom is -0.391 e. The normalized spacial score (nSPS) is 17.9. The summed E-state index contributed by atoms with van der Waals surface area (Å²) in [4.78, 5) is 0. The van der Waals surface area contributed by atoms with Gasteiger partial charge in [-0.1, -0.05) is 13.8 Å². The maximum absolute atomic E-state index is 9.17. The Balaban J connectivity index is 3.92. The molecule has 1 N–H and O–H groups in total. The SMILES string of the molecule is CC(C)CC(C#N)OC(C)C(C)O. The molecule has 0 aliphatic rings. The summed E-state index contributed by atoms with van der Waals surface area (Å²) in [5.41, 5.74) is 0. The van der Waals surface area contributed by atoms with E-state index in [1.807, 2.05) is 13.8 Å². The third kappa shape index (κ3) is 5.62. The summed E-state index contributed by atoms with van der Waals surface area (Å²) in [6.07, 6.45) is -0.482. The molecule has 0 saturated heterocycles. The molecule has 0 saturated carbocycles. The molecule has 3 atom stereocenters. The van der Waals surface area contributed by atoms with Crippen molar-refractivity contribution in [2.24, 2.45) is 5.92 Å². The van der Waals surface area contributed by atoms with Crippen molar-refractivity contribution in [2.75, 3.05) is 0 Å². The molecule has 0 bridgehead atoms. The number of ether oxygens (including phenoxy) is 1. The molecule has 0 aromatic carbocycles. The van der Waals surface area contributed by atoms with E-state index in [9.17, 15) is 0 Å². The van der Waals surface area contributed by atoms with E-state index < -0.39 is 12.2 Å². The summed E-state index contributed by atoms with van der Waals surface area (Å²) in [6.45, 7) is 7.52. The van der Waals surface area contributed by atoms with E-state index in [-0.39, 0.29) is 6.10 Å². The van der Waals surface area contributed by atoms with Gasteiger partial charge < -0.3 is 9.84 Å². The lowest BCUT2D eigenvalue weighted by Crippen LogP contribution is -2.28. The minimum absolute atomic E-state index is 0.275. The molecule has 0 aromatic rings. The minimum atomic E-state index is -0.525. The van der Waals surface area contributed by atoms with Gasteiger partial charge in [0.1, 0.15) is 6.10 Å². The Bertz CT molecular complexity index is 172. The van der Waals surface area contributed by atoms with Crippen molar-refractivity contribution in [3.63, 3.8) is 0 Å². The first-order valence-electron chi connectivity index (χ1n) is 4.70. The Morgan fingerprint density at radius 2 is 1.85 bits per heavy atom. The molecule has 13 heavy (non-hydrogen) atoms. The van der Waals surface area contributed by atoms with Gasteiger partial charge in [0, 0.05) is 0 Å². The molecule has 0 spiro atoms. The second-order valence-electron chi connectivity index (χ2n) is 3.83. The Hall–Kier alpha value is -0.590. The topological polar surface area (TPSA) is 53.2 Å². The molecule has 0 aromatic heterocycles. The summed E-state index contributed by atoms with van der Waals surface area (Å²) in [7, 11) is 0. The molecular formula is C10H19NO2. The van der Waals surface area contributed by atoms with Gasteiger partial charge in [-0.15, -0.1) is 0 Å². The van der Waals surface area contributed by atoms with E-state index in [2.05, 4.69) is 6.07 Å². The Labute approximate surface area is 80.3 Å². The van der Waals surface area contributed by atoms with Gasteiger partial charge >= 0.3 is 0 Å². The zero-order valence-electron chi connectivity index (χ0n) is 8.82. The van der Waals surface area contributed by atoms with Crippen LogP contribution < -0.4 is 0 Å². The van der Waals surface area contributed by atoms with Gasteiger partial charge in [-0.3, -0.25) is 0 Å². The van der Waals surface area contributed by atoms with Crippen molar-refractivity contribution >= 4 is 0 Å². The molecule has 0 amide bonds. The summed E-state index contributed by atoms with van der Waals surface area (Å²) >= 11 is 0. The quantitative estimate of drug-likeness (QED) is 0.709. The molecule has 0 aliphatic heterocycles. The highest BCUT2D eigenvalue weighted by atomic mass is 16.5. The molecule has 3 nitrogen and oxygen atoms in total. The zero-order chi connectivity index (χ0) is 10.4. The summed E-state index contributed by atoms with van der Waals surface area (Å²) < 4.78 is 5.36. The molecule has 0 fully saturated rings. The van der Waals surface area contributed by atoms with Gasteiger partial charge in [0.05, 0.1) is 18.3 Å². The molecule has 0 heterocycles. The van der Waals surface area contributed by atoms with Crippen LogP contribution in [0.4, 0.5) is 0 Å². The lowest BCUT2D eigenvalue weighted by atomic mass is 10.1. The molecule has 0 radical (unpaired) electrons. The van der Waals surface area contributed by atoms with E-state index in [0.29, 0.717) is 12.3 Å². The van der Waals surface area contributed by atoms with E-state index in [1.54, 1.807) is 13.8 Å². The second-order valence-corrected chi connectivity index (χ2v) is 3.83. The van der Waals surface area contributed by atoms with Crippen LogP contribution in [0.5, 0.6) is 0 Å². The molecule has 3 heteroatoms. The zero-order valence-corrected chi connectivity index (χ0v) is 8.82. The molecular weight excluding hydrogens is 166 g/mol. The van der Waals surface area contributed by atoms with Crippen LogP contribution in [0, 0.1) is 17.2 Å². The Kier molecular flexibility index (Phi) is 5.68. The van der Waals surface area contributed by atoms with Crippen molar-refractivity contribution in [1.82, 2.24) is 0 Å². The maximum atomic E-state index is 9.17. The average Bonchev–Trinajstić information content (AvgIpc) is 2.02. The van der Waals surface area contributed by atoms with E-state index in [1.165, 1.54) is 0 Å². The first kappa shape index (κ1) is 12.4. The van der Waals surface area contributed by atoms with Crippen molar-refractivity contribution in [3.05, 3.63) is 0 Å². The lowest BCUT2D eigenvalue weighted by Gasteiger charge is -2.20. The van der Waals surface area contributed by atoms with Crippen molar-refractivity contribution in [2.45, 2.75) is 52.4 Å². The summed E-state index contributed by atoms with van der Waals surface area (Å²) in [5, 5.41) is 17.9. The van der Waals surface area contributed by atoms with Crippen LogP contribution in [-0.2, 0) is 4.74 Å². The van der Waals surface area contributed by atoms with Crippen LogP contribution in [-0.4, -0.2) is 23.4 Å². The highest BCUT2D eigenvalue weighted by Gasteiger charge is 2.17. The monoisotopic (exact) mass is 185 g/mol.